The number of rotatable bonds is 5. The highest BCUT2D eigenvalue weighted by Gasteiger charge is 2.19. The Morgan fingerprint density at radius 3 is 2.46 bits per heavy atom. The van der Waals surface area contributed by atoms with Gasteiger partial charge in [-0.15, -0.1) is 0 Å². The predicted molar refractivity (Wildman–Crippen MR) is 107 cm³/mol. The van der Waals surface area contributed by atoms with Gasteiger partial charge in [0.1, 0.15) is 11.6 Å². The molecule has 1 fully saturated rings. The fourth-order valence-corrected chi connectivity index (χ4v) is 3.30. The van der Waals surface area contributed by atoms with Crippen molar-refractivity contribution in [1.29, 1.82) is 0 Å². The molecular formula is C20H24FN3OS. The highest BCUT2D eigenvalue weighted by atomic mass is 32.1. The minimum atomic E-state index is -0.192. The van der Waals surface area contributed by atoms with Gasteiger partial charge in [-0.1, -0.05) is 24.3 Å². The summed E-state index contributed by atoms with van der Waals surface area (Å²) in [6, 6.07) is 14.6. The summed E-state index contributed by atoms with van der Waals surface area (Å²) in [5.41, 5.74) is 2.03. The quantitative estimate of drug-likeness (QED) is 0.806. The molecule has 0 unspecified atom stereocenters. The first kappa shape index (κ1) is 18.6. The second-order valence-corrected chi connectivity index (χ2v) is 6.64. The van der Waals surface area contributed by atoms with Crippen molar-refractivity contribution < 1.29 is 9.13 Å². The number of nitrogens with one attached hydrogen (secondary N) is 1. The van der Waals surface area contributed by atoms with E-state index in [4.69, 9.17) is 17.0 Å². The Hall–Kier alpha value is -2.18. The van der Waals surface area contributed by atoms with Gasteiger partial charge in [0.2, 0.25) is 0 Å². The van der Waals surface area contributed by atoms with Crippen LogP contribution in [-0.4, -0.2) is 47.7 Å². The summed E-state index contributed by atoms with van der Waals surface area (Å²) in [6.45, 7) is 7.00. The highest BCUT2D eigenvalue weighted by Crippen LogP contribution is 2.24. The molecule has 0 saturated carbocycles. The van der Waals surface area contributed by atoms with Crippen molar-refractivity contribution in [2.45, 2.75) is 13.5 Å². The van der Waals surface area contributed by atoms with Gasteiger partial charge < -0.3 is 15.0 Å². The summed E-state index contributed by atoms with van der Waals surface area (Å²) in [7, 11) is 0. The molecule has 1 aliphatic rings. The molecule has 0 amide bonds. The SMILES string of the molecule is CCOc1ccccc1NC(=S)N1CCN(Cc2ccc(F)cc2)CC1. The summed E-state index contributed by atoms with van der Waals surface area (Å²) in [5.74, 6) is 0.620. The van der Waals surface area contributed by atoms with E-state index in [1.165, 1.54) is 12.1 Å². The van der Waals surface area contributed by atoms with Gasteiger partial charge >= 0.3 is 0 Å². The molecule has 26 heavy (non-hydrogen) atoms. The van der Waals surface area contributed by atoms with Crippen LogP contribution >= 0.6 is 12.2 Å². The second kappa shape index (κ2) is 8.96. The van der Waals surface area contributed by atoms with E-state index in [1.807, 2.05) is 43.3 Å². The van der Waals surface area contributed by atoms with Gasteiger partial charge in [-0.05, 0) is 49.0 Å². The number of hydrogen-bond donors (Lipinski definition) is 1. The first-order valence-electron chi connectivity index (χ1n) is 8.90. The van der Waals surface area contributed by atoms with Crippen LogP contribution in [0.25, 0.3) is 0 Å². The van der Waals surface area contributed by atoms with E-state index in [1.54, 1.807) is 0 Å². The monoisotopic (exact) mass is 373 g/mol. The van der Waals surface area contributed by atoms with Crippen LogP contribution in [0.5, 0.6) is 5.75 Å². The highest BCUT2D eigenvalue weighted by molar-refractivity contribution is 7.80. The molecule has 1 heterocycles. The summed E-state index contributed by atoms with van der Waals surface area (Å²) >= 11 is 5.58. The van der Waals surface area contributed by atoms with E-state index in [0.717, 1.165) is 54.8 Å². The van der Waals surface area contributed by atoms with Crippen molar-refractivity contribution in [3.05, 3.63) is 59.9 Å². The molecule has 0 spiro atoms. The molecule has 1 aliphatic heterocycles. The Morgan fingerprint density at radius 2 is 1.77 bits per heavy atom. The summed E-state index contributed by atoms with van der Waals surface area (Å²) in [5, 5.41) is 4.03. The third kappa shape index (κ3) is 4.93. The van der Waals surface area contributed by atoms with Gasteiger partial charge in [-0.25, -0.2) is 4.39 Å². The molecule has 2 aromatic rings. The number of benzene rings is 2. The molecule has 0 aromatic heterocycles. The zero-order valence-electron chi connectivity index (χ0n) is 15.0. The number of nitrogens with zero attached hydrogens (tertiary/aromatic N) is 2. The van der Waals surface area contributed by atoms with E-state index in [0.29, 0.717) is 6.61 Å². The largest absolute Gasteiger partial charge is 0.492 e. The van der Waals surface area contributed by atoms with Crippen LogP contribution in [0.2, 0.25) is 0 Å². The van der Waals surface area contributed by atoms with Gasteiger partial charge in [0.15, 0.2) is 5.11 Å². The van der Waals surface area contributed by atoms with Crippen LogP contribution in [0, 0.1) is 5.82 Å². The molecule has 0 atom stereocenters. The second-order valence-electron chi connectivity index (χ2n) is 6.25. The lowest BCUT2D eigenvalue weighted by Gasteiger charge is -2.36. The van der Waals surface area contributed by atoms with Gasteiger partial charge in [0.05, 0.1) is 12.3 Å². The van der Waals surface area contributed by atoms with Crippen LogP contribution in [-0.2, 0) is 6.54 Å². The lowest BCUT2D eigenvalue weighted by atomic mass is 10.2. The lowest BCUT2D eigenvalue weighted by molar-refractivity contribution is 0.177. The Morgan fingerprint density at radius 1 is 1.08 bits per heavy atom. The molecule has 3 rings (SSSR count). The number of para-hydroxylation sites is 2. The number of piperazine rings is 1. The maximum Gasteiger partial charge on any atom is 0.173 e. The predicted octanol–water partition coefficient (Wildman–Crippen LogP) is 3.74. The molecule has 0 bridgehead atoms. The van der Waals surface area contributed by atoms with Gasteiger partial charge in [-0.3, -0.25) is 4.90 Å². The first-order valence-corrected chi connectivity index (χ1v) is 9.31. The van der Waals surface area contributed by atoms with E-state index in [-0.39, 0.29) is 5.82 Å². The molecule has 0 aliphatic carbocycles. The molecule has 2 aromatic carbocycles. The fraction of sp³-hybridized carbons (Fsp3) is 0.350. The third-order valence-electron chi connectivity index (χ3n) is 4.41. The minimum Gasteiger partial charge on any atom is -0.492 e. The number of thiocarbonyl (C=S) groups is 1. The van der Waals surface area contributed by atoms with Crippen LogP contribution in [0.4, 0.5) is 10.1 Å². The molecule has 1 N–H and O–H groups in total. The number of halogens is 1. The Kier molecular flexibility index (Phi) is 6.41. The van der Waals surface area contributed by atoms with Crippen molar-refractivity contribution >= 4 is 23.0 Å². The average molecular weight is 373 g/mol. The van der Waals surface area contributed by atoms with E-state index >= 15 is 0 Å². The third-order valence-corrected chi connectivity index (χ3v) is 4.77. The van der Waals surface area contributed by atoms with Crippen LogP contribution in [0.1, 0.15) is 12.5 Å². The zero-order chi connectivity index (χ0) is 18.4. The molecule has 6 heteroatoms. The first-order chi connectivity index (χ1) is 12.7. The molecular weight excluding hydrogens is 349 g/mol. The van der Waals surface area contributed by atoms with E-state index < -0.39 is 0 Å². The molecule has 1 saturated heterocycles. The van der Waals surface area contributed by atoms with Gasteiger partial charge in [-0.2, -0.15) is 0 Å². The van der Waals surface area contributed by atoms with Crippen molar-refractivity contribution in [3.63, 3.8) is 0 Å². The fourth-order valence-electron chi connectivity index (χ4n) is 3.00. The van der Waals surface area contributed by atoms with Crippen molar-refractivity contribution in [2.75, 3.05) is 38.1 Å². The number of hydrogen-bond acceptors (Lipinski definition) is 3. The maximum atomic E-state index is 13.0. The summed E-state index contributed by atoms with van der Waals surface area (Å²) < 4.78 is 18.7. The van der Waals surface area contributed by atoms with E-state index in [9.17, 15) is 4.39 Å². The van der Waals surface area contributed by atoms with Gasteiger partial charge in [0, 0.05) is 32.7 Å². The van der Waals surface area contributed by atoms with Crippen molar-refractivity contribution in [3.8, 4) is 5.75 Å². The minimum absolute atomic E-state index is 0.192. The van der Waals surface area contributed by atoms with E-state index in [2.05, 4.69) is 15.1 Å². The Balaban J connectivity index is 1.51. The molecule has 0 radical (unpaired) electrons. The molecule has 138 valence electrons. The normalized spacial score (nSPS) is 14.9. The average Bonchev–Trinajstić information content (AvgIpc) is 2.66. The maximum absolute atomic E-state index is 13.0. The topological polar surface area (TPSA) is 27.7 Å². The molecule has 4 nitrogen and oxygen atoms in total. The number of ether oxygens (including phenoxy) is 1. The van der Waals surface area contributed by atoms with Crippen LogP contribution < -0.4 is 10.1 Å². The zero-order valence-corrected chi connectivity index (χ0v) is 15.8. The van der Waals surface area contributed by atoms with Gasteiger partial charge in [0.25, 0.3) is 0 Å². The standard InChI is InChI=1S/C20H24FN3OS/c1-2-25-19-6-4-3-5-18(19)22-20(26)24-13-11-23(12-14-24)15-16-7-9-17(21)10-8-16/h3-10H,2,11-15H2,1H3,(H,22,26). The smallest absolute Gasteiger partial charge is 0.173 e. The van der Waals surface area contributed by atoms with Crippen molar-refractivity contribution in [1.82, 2.24) is 9.80 Å². The Bertz CT molecular complexity index is 730. The van der Waals surface area contributed by atoms with Crippen LogP contribution in [0.3, 0.4) is 0 Å². The summed E-state index contributed by atoms with van der Waals surface area (Å²) in [4.78, 5) is 4.54. The van der Waals surface area contributed by atoms with Crippen molar-refractivity contribution in [2.24, 2.45) is 0 Å². The lowest BCUT2D eigenvalue weighted by Crippen LogP contribution is -2.49. The van der Waals surface area contributed by atoms with Crippen LogP contribution in [0.15, 0.2) is 48.5 Å². The summed E-state index contributed by atoms with van der Waals surface area (Å²) in [6.07, 6.45) is 0. The number of anilines is 1. The Labute approximate surface area is 159 Å².